The SMILES string of the molecule is C=C(C)C[C@H](C[C@H]1CCOC1)NC(=O)OC(C)(C)C. The lowest BCUT2D eigenvalue weighted by atomic mass is 9.95. The van der Waals surface area contributed by atoms with E-state index < -0.39 is 5.60 Å². The maximum atomic E-state index is 11.8. The zero-order chi connectivity index (χ0) is 14.5. The van der Waals surface area contributed by atoms with Crippen molar-refractivity contribution in [2.45, 2.75) is 58.6 Å². The predicted molar refractivity (Wildman–Crippen MR) is 76.1 cm³/mol. The summed E-state index contributed by atoms with van der Waals surface area (Å²) in [6.07, 6.45) is 2.43. The highest BCUT2D eigenvalue weighted by atomic mass is 16.6. The van der Waals surface area contributed by atoms with E-state index in [0.717, 1.165) is 38.0 Å². The summed E-state index contributed by atoms with van der Waals surface area (Å²) in [4.78, 5) is 11.8. The van der Waals surface area contributed by atoms with Gasteiger partial charge in [-0.05, 0) is 52.9 Å². The first-order chi connectivity index (χ1) is 8.76. The lowest BCUT2D eigenvalue weighted by molar-refractivity contribution is 0.0496. The number of carbonyl (C=O) groups excluding carboxylic acids is 1. The van der Waals surface area contributed by atoms with Crippen LogP contribution in [0.15, 0.2) is 12.2 Å². The van der Waals surface area contributed by atoms with Gasteiger partial charge >= 0.3 is 6.09 Å². The molecule has 0 saturated carbocycles. The van der Waals surface area contributed by atoms with Gasteiger partial charge in [-0.1, -0.05) is 5.57 Å². The van der Waals surface area contributed by atoms with E-state index in [9.17, 15) is 4.79 Å². The summed E-state index contributed by atoms with van der Waals surface area (Å²) in [5, 5.41) is 2.95. The third kappa shape index (κ3) is 7.21. The monoisotopic (exact) mass is 269 g/mol. The lowest BCUT2D eigenvalue weighted by Crippen LogP contribution is -2.40. The van der Waals surface area contributed by atoms with Crippen LogP contribution in [0, 0.1) is 5.92 Å². The Morgan fingerprint density at radius 2 is 2.21 bits per heavy atom. The molecule has 0 aromatic rings. The van der Waals surface area contributed by atoms with Crippen molar-refractivity contribution in [2.24, 2.45) is 5.92 Å². The zero-order valence-corrected chi connectivity index (χ0v) is 12.6. The number of ether oxygens (including phenoxy) is 2. The fourth-order valence-corrected chi connectivity index (χ4v) is 2.26. The van der Waals surface area contributed by atoms with E-state index in [1.54, 1.807) is 0 Å². The van der Waals surface area contributed by atoms with Crippen molar-refractivity contribution in [1.29, 1.82) is 0 Å². The fourth-order valence-electron chi connectivity index (χ4n) is 2.26. The van der Waals surface area contributed by atoms with Gasteiger partial charge in [0.1, 0.15) is 5.60 Å². The molecule has 1 amide bonds. The number of amides is 1. The van der Waals surface area contributed by atoms with Crippen molar-refractivity contribution in [3.8, 4) is 0 Å². The van der Waals surface area contributed by atoms with E-state index in [-0.39, 0.29) is 12.1 Å². The van der Waals surface area contributed by atoms with E-state index >= 15 is 0 Å². The van der Waals surface area contributed by atoms with Crippen molar-refractivity contribution in [3.05, 3.63) is 12.2 Å². The van der Waals surface area contributed by atoms with Crippen LogP contribution >= 0.6 is 0 Å². The Morgan fingerprint density at radius 1 is 1.53 bits per heavy atom. The average molecular weight is 269 g/mol. The standard InChI is InChI=1S/C15H27NO3/c1-11(2)8-13(9-12-6-7-18-10-12)16-14(17)19-15(3,4)5/h12-13H,1,6-10H2,2-5H3,(H,16,17)/t12-,13-/m1/s1. The third-order valence-electron chi connectivity index (χ3n) is 2.96. The molecular formula is C15H27NO3. The Labute approximate surface area is 116 Å². The van der Waals surface area contributed by atoms with Gasteiger partial charge in [0.05, 0.1) is 0 Å². The molecule has 0 spiro atoms. The van der Waals surface area contributed by atoms with Crippen LogP contribution < -0.4 is 5.32 Å². The Hall–Kier alpha value is -1.03. The number of hydrogen-bond acceptors (Lipinski definition) is 3. The number of rotatable bonds is 5. The van der Waals surface area contributed by atoms with E-state index in [1.165, 1.54) is 0 Å². The van der Waals surface area contributed by atoms with Crippen LogP contribution in [0.3, 0.4) is 0 Å². The van der Waals surface area contributed by atoms with Crippen LogP contribution in [-0.2, 0) is 9.47 Å². The Balaban J connectivity index is 2.48. The minimum atomic E-state index is -0.464. The highest BCUT2D eigenvalue weighted by Gasteiger charge is 2.24. The van der Waals surface area contributed by atoms with Gasteiger partial charge in [0.15, 0.2) is 0 Å². The molecule has 1 fully saturated rings. The molecule has 0 aliphatic carbocycles. The first-order valence-corrected chi connectivity index (χ1v) is 6.98. The summed E-state index contributed by atoms with van der Waals surface area (Å²) in [6, 6.07) is 0.0825. The number of alkyl carbamates (subject to hydrolysis) is 1. The Kier molecular flexibility index (Phi) is 5.85. The molecule has 4 heteroatoms. The molecule has 1 aliphatic rings. The summed E-state index contributed by atoms with van der Waals surface area (Å²) in [5.41, 5.74) is 0.605. The molecular weight excluding hydrogens is 242 g/mol. The van der Waals surface area contributed by atoms with E-state index in [1.807, 2.05) is 27.7 Å². The number of nitrogens with one attached hydrogen (secondary N) is 1. The zero-order valence-electron chi connectivity index (χ0n) is 12.6. The molecule has 1 N–H and O–H groups in total. The minimum absolute atomic E-state index is 0.0825. The average Bonchev–Trinajstić information content (AvgIpc) is 2.65. The quantitative estimate of drug-likeness (QED) is 0.779. The summed E-state index contributed by atoms with van der Waals surface area (Å²) in [5.74, 6) is 0.527. The smallest absolute Gasteiger partial charge is 0.407 e. The van der Waals surface area contributed by atoms with Crippen LogP contribution in [0.5, 0.6) is 0 Å². The second-order valence-corrected chi connectivity index (χ2v) is 6.47. The number of hydrogen-bond donors (Lipinski definition) is 1. The van der Waals surface area contributed by atoms with Gasteiger partial charge in [-0.3, -0.25) is 0 Å². The topological polar surface area (TPSA) is 47.6 Å². The molecule has 1 aliphatic heterocycles. The predicted octanol–water partition coefficient (Wildman–Crippen LogP) is 3.27. The summed E-state index contributed by atoms with van der Waals surface area (Å²) in [7, 11) is 0. The Bertz CT molecular complexity index is 314. The molecule has 0 aromatic carbocycles. The second kappa shape index (κ2) is 6.94. The van der Waals surface area contributed by atoms with Crippen LogP contribution in [0.2, 0.25) is 0 Å². The Morgan fingerprint density at radius 3 is 2.68 bits per heavy atom. The highest BCUT2D eigenvalue weighted by molar-refractivity contribution is 5.68. The first-order valence-electron chi connectivity index (χ1n) is 6.98. The van der Waals surface area contributed by atoms with Gasteiger partial charge in [0, 0.05) is 19.3 Å². The van der Waals surface area contributed by atoms with Crippen LogP contribution in [0.25, 0.3) is 0 Å². The molecule has 0 aromatic heterocycles. The van der Waals surface area contributed by atoms with E-state index in [4.69, 9.17) is 9.47 Å². The van der Waals surface area contributed by atoms with E-state index in [0.29, 0.717) is 5.92 Å². The lowest BCUT2D eigenvalue weighted by Gasteiger charge is -2.25. The number of carbonyl (C=O) groups is 1. The van der Waals surface area contributed by atoms with E-state index in [2.05, 4.69) is 11.9 Å². The van der Waals surface area contributed by atoms with Gasteiger partial charge in [-0.2, -0.15) is 0 Å². The molecule has 1 rings (SSSR count). The second-order valence-electron chi connectivity index (χ2n) is 6.47. The largest absolute Gasteiger partial charge is 0.444 e. The van der Waals surface area contributed by atoms with Gasteiger partial charge in [-0.25, -0.2) is 4.79 Å². The maximum absolute atomic E-state index is 11.8. The van der Waals surface area contributed by atoms with Crippen molar-refractivity contribution in [1.82, 2.24) is 5.32 Å². The molecule has 4 nitrogen and oxygen atoms in total. The molecule has 19 heavy (non-hydrogen) atoms. The molecule has 0 unspecified atom stereocenters. The molecule has 0 radical (unpaired) electrons. The van der Waals surface area contributed by atoms with Gasteiger partial charge in [0.2, 0.25) is 0 Å². The minimum Gasteiger partial charge on any atom is -0.444 e. The molecule has 1 heterocycles. The third-order valence-corrected chi connectivity index (χ3v) is 2.96. The van der Waals surface area contributed by atoms with Gasteiger partial charge < -0.3 is 14.8 Å². The maximum Gasteiger partial charge on any atom is 0.407 e. The summed E-state index contributed by atoms with van der Waals surface area (Å²) >= 11 is 0. The van der Waals surface area contributed by atoms with Crippen molar-refractivity contribution in [2.75, 3.05) is 13.2 Å². The molecule has 2 atom stereocenters. The van der Waals surface area contributed by atoms with Crippen molar-refractivity contribution in [3.63, 3.8) is 0 Å². The summed E-state index contributed by atoms with van der Waals surface area (Å²) in [6.45, 7) is 13.1. The highest BCUT2D eigenvalue weighted by Crippen LogP contribution is 2.21. The molecule has 110 valence electrons. The molecule has 1 saturated heterocycles. The van der Waals surface area contributed by atoms with Crippen molar-refractivity contribution < 1.29 is 14.3 Å². The normalized spacial score (nSPS) is 20.9. The molecule has 0 bridgehead atoms. The van der Waals surface area contributed by atoms with Crippen LogP contribution in [0.4, 0.5) is 4.79 Å². The van der Waals surface area contributed by atoms with Gasteiger partial charge in [-0.15, -0.1) is 6.58 Å². The van der Waals surface area contributed by atoms with Crippen molar-refractivity contribution >= 4 is 6.09 Å². The fraction of sp³-hybridized carbons (Fsp3) is 0.800. The first kappa shape index (κ1) is 16.0. The summed E-state index contributed by atoms with van der Waals surface area (Å²) < 4.78 is 10.7. The van der Waals surface area contributed by atoms with Crippen LogP contribution in [-0.4, -0.2) is 30.9 Å². The van der Waals surface area contributed by atoms with Gasteiger partial charge in [0.25, 0.3) is 0 Å². The van der Waals surface area contributed by atoms with Crippen LogP contribution in [0.1, 0.15) is 47.0 Å².